The van der Waals surface area contributed by atoms with E-state index in [2.05, 4.69) is 6.92 Å². The van der Waals surface area contributed by atoms with Crippen LogP contribution in [0.3, 0.4) is 0 Å². The maximum Gasteiger partial charge on any atom is 0.416 e. The normalized spacial score (nSPS) is 17.7. The quantitative estimate of drug-likeness (QED) is 0.456. The van der Waals surface area contributed by atoms with Crippen LogP contribution < -0.4 is 0 Å². The van der Waals surface area contributed by atoms with Gasteiger partial charge in [0.25, 0.3) is 0 Å². The van der Waals surface area contributed by atoms with Crippen molar-refractivity contribution in [2.24, 2.45) is 0 Å². The fraction of sp³-hybridized carbons (Fsp3) is 0.650. The molecule has 1 unspecified atom stereocenters. The molecule has 2 rings (SSSR count). The largest absolute Gasteiger partial charge is 0.416 e. The Hall–Kier alpha value is -1.17. The summed E-state index contributed by atoms with van der Waals surface area (Å²) in [5.74, 6) is 0.947. The number of carbonyl (C=O) groups is 1. The lowest BCUT2D eigenvalue weighted by Crippen LogP contribution is -2.30. The lowest BCUT2D eigenvalue weighted by molar-refractivity contribution is -0.137. The molecule has 0 radical (unpaired) electrons. The van der Waals surface area contributed by atoms with Crippen LogP contribution in [-0.4, -0.2) is 23.1 Å². The van der Waals surface area contributed by atoms with Gasteiger partial charge in [0.05, 0.1) is 5.56 Å². The van der Waals surface area contributed by atoms with Crippen molar-refractivity contribution in [1.82, 2.24) is 4.90 Å². The first-order chi connectivity index (χ1) is 12.4. The van der Waals surface area contributed by atoms with E-state index in [-0.39, 0.29) is 11.3 Å². The number of halogens is 3. The summed E-state index contributed by atoms with van der Waals surface area (Å²) in [6.07, 6.45) is 4.35. The molecule has 1 aliphatic rings. The number of amides is 1. The maximum absolute atomic E-state index is 12.7. The van der Waals surface area contributed by atoms with E-state index < -0.39 is 11.7 Å². The monoisotopic (exact) mass is 387 g/mol. The molecule has 2 nitrogen and oxygen atoms in total. The number of benzene rings is 1. The van der Waals surface area contributed by atoms with Crippen molar-refractivity contribution in [2.75, 3.05) is 12.3 Å². The predicted molar refractivity (Wildman–Crippen MR) is 101 cm³/mol. The second-order valence-electron chi connectivity index (χ2n) is 6.80. The van der Waals surface area contributed by atoms with Gasteiger partial charge in [-0.2, -0.15) is 13.2 Å². The van der Waals surface area contributed by atoms with E-state index in [4.69, 9.17) is 0 Å². The number of nitrogens with zero attached hydrogens (tertiary/aromatic N) is 1. The van der Waals surface area contributed by atoms with E-state index in [9.17, 15) is 18.0 Å². The predicted octanol–water partition coefficient (Wildman–Crippen LogP) is 6.42. The van der Waals surface area contributed by atoms with Crippen LogP contribution in [-0.2, 0) is 11.0 Å². The molecule has 1 aliphatic heterocycles. The highest BCUT2D eigenvalue weighted by atomic mass is 32.2. The van der Waals surface area contributed by atoms with E-state index >= 15 is 0 Å². The Kier molecular flexibility index (Phi) is 8.32. The van der Waals surface area contributed by atoms with Gasteiger partial charge in [0.15, 0.2) is 0 Å². The molecule has 6 heteroatoms. The van der Waals surface area contributed by atoms with Gasteiger partial charge >= 0.3 is 6.18 Å². The summed E-state index contributed by atoms with van der Waals surface area (Å²) in [5, 5.41) is -0.158. The Labute approximate surface area is 158 Å². The van der Waals surface area contributed by atoms with E-state index in [0.29, 0.717) is 13.0 Å². The van der Waals surface area contributed by atoms with E-state index in [0.717, 1.165) is 36.3 Å². The van der Waals surface area contributed by atoms with Gasteiger partial charge in [-0.3, -0.25) is 4.79 Å². The Balaban J connectivity index is 1.82. The molecule has 0 spiro atoms. The molecule has 1 heterocycles. The van der Waals surface area contributed by atoms with E-state index in [1.54, 1.807) is 11.8 Å². The number of unbranched alkanes of at least 4 members (excludes halogenated alkanes) is 6. The molecule has 1 saturated heterocycles. The Bertz CT molecular complexity index is 559. The number of thioether (sulfide) groups is 1. The number of hydrogen-bond acceptors (Lipinski definition) is 2. The summed E-state index contributed by atoms with van der Waals surface area (Å²) in [7, 11) is 0. The number of rotatable bonds is 9. The first-order valence-electron chi connectivity index (χ1n) is 9.51. The minimum absolute atomic E-state index is 0.119. The van der Waals surface area contributed by atoms with Gasteiger partial charge in [-0.1, -0.05) is 57.6 Å². The first kappa shape index (κ1) is 21.1. The van der Waals surface area contributed by atoms with Gasteiger partial charge in [0.1, 0.15) is 5.37 Å². The van der Waals surface area contributed by atoms with Crippen LogP contribution >= 0.6 is 11.8 Å². The van der Waals surface area contributed by atoms with Crippen LogP contribution in [0.2, 0.25) is 0 Å². The molecule has 1 fully saturated rings. The molecule has 26 heavy (non-hydrogen) atoms. The molecular formula is C20H28F3NOS. The molecule has 0 saturated carbocycles. The average molecular weight is 388 g/mol. The first-order valence-corrected chi connectivity index (χ1v) is 10.6. The summed E-state index contributed by atoms with van der Waals surface area (Å²) in [6, 6.07) is 5.21. The lowest BCUT2D eigenvalue weighted by Gasteiger charge is -2.24. The van der Waals surface area contributed by atoms with Crippen molar-refractivity contribution >= 4 is 17.7 Å². The van der Waals surface area contributed by atoms with Crippen molar-refractivity contribution in [2.45, 2.75) is 69.8 Å². The maximum atomic E-state index is 12.7. The topological polar surface area (TPSA) is 20.3 Å². The average Bonchev–Trinajstić information content (AvgIpc) is 3.10. The molecule has 0 aromatic heterocycles. The van der Waals surface area contributed by atoms with Crippen LogP contribution in [0.25, 0.3) is 0 Å². The molecule has 1 atom stereocenters. The highest BCUT2D eigenvalue weighted by Crippen LogP contribution is 2.39. The summed E-state index contributed by atoms with van der Waals surface area (Å²) in [4.78, 5) is 14.3. The van der Waals surface area contributed by atoms with Crippen molar-refractivity contribution in [3.05, 3.63) is 35.4 Å². The second kappa shape index (κ2) is 10.2. The van der Waals surface area contributed by atoms with Crippen LogP contribution in [0, 0.1) is 0 Å². The summed E-state index contributed by atoms with van der Waals surface area (Å²) >= 11 is 1.62. The Morgan fingerprint density at radius 3 is 2.31 bits per heavy atom. The molecule has 0 aliphatic carbocycles. The van der Waals surface area contributed by atoms with Crippen molar-refractivity contribution in [1.29, 1.82) is 0 Å². The van der Waals surface area contributed by atoms with Crippen LogP contribution in [0.15, 0.2) is 24.3 Å². The summed E-state index contributed by atoms with van der Waals surface area (Å²) < 4.78 is 38.1. The van der Waals surface area contributed by atoms with Crippen LogP contribution in [0.1, 0.15) is 74.8 Å². The number of hydrogen-bond donors (Lipinski definition) is 0. The highest BCUT2D eigenvalue weighted by molar-refractivity contribution is 7.99. The Morgan fingerprint density at radius 2 is 1.69 bits per heavy atom. The smallest absolute Gasteiger partial charge is 0.326 e. The van der Waals surface area contributed by atoms with Crippen molar-refractivity contribution < 1.29 is 18.0 Å². The SMILES string of the molecule is CCCCCCCCCC(=O)N1CCSC1c1ccc(C(F)(F)F)cc1. The molecule has 146 valence electrons. The molecule has 1 aromatic carbocycles. The van der Waals surface area contributed by atoms with Crippen LogP contribution in [0.5, 0.6) is 0 Å². The minimum atomic E-state index is -4.33. The van der Waals surface area contributed by atoms with Gasteiger partial charge in [-0.05, 0) is 24.1 Å². The molecule has 0 bridgehead atoms. The fourth-order valence-corrected chi connectivity index (χ4v) is 4.49. The van der Waals surface area contributed by atoms with Gasteiger partial charge in [-0.15, -0.1) is 11.8 Å². The third-order valence-electron chi connectivity index (χ3n) is 4.73. The third kappa shape index (κ3) is 6.22. The zero-order valence-corrected chi connectivity index (χ0v) is 16.2. The summed E-state index contributed by atoms with van der Waals surface area (Å²) in [6.45, 7) is 2.87. The summed E-state index contributed by atoms with van der Waals surface area (Å²) in [5.41, 5.74) is 0.124. The highest BCUT2D eigenvalue weighted by Gasteiger charge is 2.33. The molecular weight excluding hydrogens is 359 g/mol. The molecule has 0 N–H and O–H groups in total. The zero-order valence-electron chi connectivity index (χ0n) is 15.4. The standard InChI is InChI=1S/C20H28F3NOS/c1-2-3-4-5-6-7-8-9-18(25)24-14-15-26-19(24)16-10-12-17(13-11-16)20(21,22)23/h10-13,19H,2-9,14-15H2,1H3. The Morgan fingerprint density at radius 1 is 1.08 bits per heavy atom. The van der Waals surface area contributed by atoms with Gasteiger partial charge < -0.3 is 4.90 Å². The number of alkyl halides is 3. The lowest BCUT2D eigenvalue weighted by atomic mass is 10.1. The van der Waals surface area contributed by atoms with Gasteiger partial charge in [0, 0.05) is 18.7 Å². The fourth-order valence-electron chi connectivity index (χ4n) is 3.22. The van der Waals surface area contributed by atoms with Gasteiger partial charge in [0.2, 0.25) is 5.91 Å². The van der Waals surface area contributed by atoms with Crippen molar-refractivity contribution in [3.8, 4) is 0 Å². The zero-order chi connectivity index (χ0) is 19.0. The van der Waals surface area contributed by atoms with E-state index in [1.165, 1.54) is 44.2 Å². The number of carbonyl (C=O) groups excluding carboxylic acids is 1. The van der Waals surface area contributed by atoms with Crippen LogP contribution in [0.4, 0.5) is 13.2 Å². The molecule has 1 amide bonds. The third-order valence-corrected chi connectivity index (χ3v) is 5.99. The second-order valence-corrected chi connectivity index (χ2v) is 7.99. The van der Waals surface area contributed by atoms with E-state index in [1.807, 2.05) is 4.90 Å². The molecule has 1 aromatic rings. The minimum Gasteiger partial charge on any atom is -0.326 e. The van der Waals surface area contributed by atoms with Crippen molar-refractivity contribution in [3.63, 3.8) is 0 Å². The van der Waals surface area contributed by atoms with Gasteiger partial charge in [-0.25, -0.2) is 0 Å².